The lowest BCUT2D eigenvalue weighted by molar-refractivity contribution is -0.120. The topological polar surface area (TPSA) is 38.3 Å². The van der Waals surface area contributed by atoms with Gasteiger partial charge in [0.05, 0.1) is 7.11 Å². The third-order valence-corrected chi connectivity index (χ3v) is 5.37. The molecule has 2 rings (SSSR count). The van der Waals surface area contributed by atoms with E-state index in [4.69, 9.17) is 27.9 Å². The molecule has 0 fully saturated rings. The van der Waals surface area contributed by atoms with Gasteiger partial charge in [-0.05, 0) is 41.8 Å². The van der Waals surface area contributed by atoms with Crippen LogP contribution in [0.2, 0.25) is 10.0 Å². The number of aryl methyl sites for hydroxylation is 1. The van der Waals surface area contributed by atoms with E-state index in [2.05, 4.69) is 5.32 Å². The van der Waals surface area contributed by atoms with Crippen molar-refractivity contribution in [2.24, 2.45) is 0 Å². The molecule has 6 heteroatoms. The highest BCUT2D eigenvalue weighted by molar-refractivity contribution is 7.98. The highest BCUT2D eigenvalue weighted by Gasteiger charge is 2.06. The first-order chi connectivity index (χ1) is 12.1. The van der Waals surface area contributed by atoms with Crippen molar-refractivity contribution in [3.63, 3.8) is 0 Å². The molecular weight excluding hydrogens is 377 g/mol. The van der Waals surface area contributed by atoms with Crippen molar-refractivity contribution in [3.05, 3.63) is 63.6 Å². The molecule has 0 aromatic heterocycles. The first-order valence-electron chi connectivity index (χ1n) is 8.00. The molecule has 0 bridgehead atoms. The van der Waals surface area contributed by atoms with E-state index in [0.29, 0.717) is 23.0 Å². The van der Waals surface area contributed by atoms with Crippen LogP contribution in [0, 0.1) is 0 Å². The Labute approximate surface area is 163 Å². The number of hydrogen-bond acceptors (Lipinski definition) is 3. The molecular formula is C19H21Cl2NO2S. The molecule has 0 unspecified atom stereocenters. The van der Waals surface area contributed by atoms with Crippen molar-refractivity contribution in [1.29, 1.82) is 0 Å². The molecule has 0 atom stereocenters. The largest absolute Gasteiger partial charge is 0.497 e. The fourth-order valence-electron chi connectivity index (χ4n) is 2.25. The number of nitrogens with one attached hydrogen (secondary N) is 1. The molecule has 0 aliphatic heterocycles. The highest BCUT2D eigenvalue weighted by Crippen LogP contribution is 2.27. The predicted octanol–water partition coefficient (Wildman–Crippen LogP) is 4.98. The maximum Gasteiger partial charge on any atom is 0.220 e. The van der Waals surface area contributed by atoms with Gasteiger partial charge in [-0.3, -0.25) is 4.79 Å². The van der Waals surface area contributed by atoms with Crippen LogP contribution in [-0.2, 0) is 17.0 Å². The minimum absolute atomic E-state index is 0.0622. The van der Waals surface area contributed by atoms with E-state index < -0.39 is 0 Å². The van der Waals surface area contributed by atoms with Gasteiger partial charge >= 0.3 is 0 Å². The quantitative estimate of drug-likeness (QED) is 0.605. The minimum Gasteiger partial charge on any atom is -0.497 e. The van der Waals surface area contributed by atoms with Crippen molar-refractivity contribution in [2.75, 3.05) is 19.4 Å². The van der Waals surface area contributed by atoms with Crippen LogP contribution in [0.5, 0.6) is 5.75 Å². The van der Waals surface area contributed by atoms with Crippen molar-refractivity contribution < 1.29 is 9.53 Å². The Morgan fingerprint density at radius 3 is 2.44 bits per heavy atom. The molecule has 25 heavy (non-hydrogen) atoms. The number of halogens is 2. The van der Waals surface area contributed by atoms with E-state index in [1.54, 1.807) is 18.9 Å². The van der Waals surface area contributed by atoms with Gasteiger partial charge < -0.3 is 10.1 Å². The predicted molar refractivity (Wildman–Crippen MR) is 107 cm³/mol. The Kier molecular flexibility index (Phi) is 8.45. The second-order valence-electron chi connectivity index (χ2n) is 5.45. The van der Waals surface area contributed by atoms with Crippen LogP contribution in [-0.4, -0.2) is 25.3 Å². The van der Waals surface area contributed by atoms with Crippen molar-refractivity contribution in [3.8, 4) is 5.75 Å². The van der Waals surface area contributed by atoms with Gasteiger partial charge in [-0.1, -0.05) is 41.4 Å². The maximum absolute atomic E-state index is 11.9. The zero-order valence-corrected chi connectivity index (χ0v) is 16.4. The minimum atomic E-state index is 0.0622. The Balaban J connectivity index is 1.62. The van der Waals surface area contributed by atoms with Crippen LogP contribution >= 0.6 is 35.0 Å². The number of carbonyl (C=O) groups is 1. The number of hydrogen-bond donors (Lipinski definition) is 1. The van der Waals surface area contributed by atoms with E-state index >= 15 is 0 Å². The molecule has 1 amide bonds. The van der Waals surface area contributed by atoms with Crippen molar-refractivity contribution in [1.82, 2.24) is 5.32 Å². The second kappa shape index (κ2) is 10.6. The Hall–Kier alpha value is -1.36. The molecule has 0 aliphatic rings. The first kappa shape index (κ1) is 20.0. The number of benzene rings is 2. The van der Waals surface area contributed by atoms with Crippen LogP contribution in [0.1, 0.15) is 17.5 Å². The standard InChI is InChI=1S/C19H21Cl2NO2S/c1-24-15-8-5-14(6-9-15)7-10-19(23)22-11-12-25-13-16-17(20)3-2-4-18(16)21/h2-6,8-9H,7,10-13H2,1H3,(H,22,23). The summed E-state index contributed by atoms with van der Waals surface area (Å²) in [6.07, 6.45) is 1.20. The van der Waals surface area contributed by atoms with Gasteiger partial charge in [0.1, 0.15) is 5.75 Å². The molecule has 0 saturated heterocycles. The average Bonchev–Trinajstić information content (AvgIpc) is 2.62. The monoisotopic (exact) mass is 397 g/mol. The van der Waals surface area contributed by atoms with Crippen LogP contribution in [0.15, 0.2) is 42.5 Å². The fraction of sp³-hybridized carbons (Fsp3) is 0.316. The molecule has 2 aromatic rings. The summed E-state index contributed by atoms with van der Waals surface area (Å²) in [5.41, 5.74) is 2.07. The summed E-state index contributed by atoms with van der Waals surface area (Å²) < 4.78 is 5.12. The summed E-state index contributed by atoms with van der Waals surface area (Å²) >= 11 is 14.0. The van der Waals surface area contributed by atoms with Gasteiger partial charge in [0.2, 0.25) is 5.91 Å². The molecule has 3 nitrogen and oxygen atoms in total. The Morgan fingerprint density at radius 1 is 1.12 bits per heavy atom. The Morgan fingerprint density at radius 2 is 1.80 bits per heavy atom. The van der Waals surface area contributed by atoms with Crippen molar-refractivity contribution >= 4 is 40.9 Å². The van der Waals surface area contributed by atoms with E-state index in [9.17, 15) is 4.79 Å². The molecule has 0 aliphatic carbocycles. The summed E-state index contributed by atoms with van der Waals surface area (Å²) in [5, 5.41) is 4.31. The molecule has 0 spiro atoms. The summed E-state index contributed by atoms with van der Waals surface area (Å²) in [5.74, 6) is 2.44. The van der Waals surface area contributed by atoms with Crippen LogP contribution in [0.25, 0.3) is 0 Å². The highest BCUT2D eigenvalue weighted by atomic mass is 35.5. The molecule has 1 N–H and O–H groups in total. The van der Waals surface area contributed by atoms with Crippen LogP contribution in [0.3, 0.4) is 0 Å². The van der Waals surface area contributed by atoms with E-state index in [1.807, 2.05) is 42.5 Å². The Bertz CT molecular complexity index is 672. The fourth-order valence-corrected chi connectivity index (χ4v) is 3.84. The molecule has 2 aromatic carbocycles. The van der Waals surface area contributed by atoms with E-state index in [0.717, 1.165) is 34.8 Å². The van der Waals surface area contributed by atoms with Gasteiger partial charge in [-0.25, -0.2) is 0 Å². The van der Waals surface area contributed by atoms with Crippen molar-refractivity contribution in [2.45, 2.75) is 18.6 Å². The number of carbonyl (C=O) groups excluding carboxylic acids is 1. The zero-order chi connectivity index (χ0) is 18.1. The van der Waals surface area contributed by atoms with Gasteiger partial charge in [0.15, 0.2) is 0 Å². The average molecular weight is 398 g/mol. The lowest BCUT2D eigenvalue weighted by Gasteiger charge is -2.08. The van der Waals surface area contributed by atoms with Crippen LogP contribution in [0.4, 0.5) is 0 Å². The summed E-state index contributed by atoms with van der Waals surface area (Å²) in [7, 11) is 1.64. The van der Waals surface area contributed by atoms with Gasteiger partial charge in [-0.2, -0.15) is 11.8 Å². The number of methoxy groups -OCH3 is 1. The molecule has 0 saturated carbocycles. The molecule has 0 heterocycles. The summed E-state index contributed by atoms with van der Waals surface area (Å²) in [6.45, 7) is 0.633. The van der Waals surface area contributed by atoms with Gasteiger partial charge in [-0.15, -0.1) is 0 Å². The SMILES string of the molecule is COc1ccc(CCC(=O)NCCSCc2c(Cl)cccc2Cl)cc1. The number of ether oxygens (including phenoxy) is 1. The van der Waals surface area contributed by atoms with E-state index in [1.165, 1.54) is 0 Å². The zero-order valence-electron chi connectivity index (χ0n) is 14.1. The molecule has 0 radical (unpaired) electrons. The van der Waals surface area contributed by atoms with Gasteiger partial charge in [0.25, 0.3) is 0 Å². The maximum atomic E-state index is 11.9. The number of rotatable bonds is 9. The lowest BCUT2D eigenvalue weighted by atomic mass is 10.1. The third-order valence-electron chi connectivity index (χ3n) is 3.68. The molecule has 134 valence electrons. The van der Waals surface area contributed by atoms with Gasteiger partial charge in [0, 0.05) is 34.5 Å². The smallest absolute Gasteiger partial charge is 0.220 e. The normalized spacial score (nSPS) is 10.5. The summed E-state index contributed by atoms with van der Waals surface area (Å²) in [4.78, 5) is 11.9. The number of amides is 1. The first-order valence-corrected chi connectivity index (χ1v) is 9.91. The van der Waals surface area contributed by atoms with Crippen LogP contribution < -0.4 is 10.1 Å². The van der Waals surface area contributed by atoms with E-state index in [-0.39, 0.29) is 5.91 Å². The number of thioether (sulfide) groups is 1. The second-order valence-corrected chi connectivity index (χ2v) is 7.37. The summed E-state index contributed by atoms with van der Waals surface area (Å²) in [6, 6.07) is 13.3. The third kappa shape index (κ3) is 6.81. The lowest BCUT2D eigenvalue weighted by Crippen LogP contribution is -2.25.